The van der Waals surface area contributed by atoms with E-state index in [9.17, 15) is 0 Å². The lowest BCUT2D eigenvalue weighted by Gasteiger charge is -2.28. The smallest absolute Gasteiger partial charge is 0.0932 e. The van der Waals surface area contributed by atoms with Crippen LogP contribution >= 0.6 is 22.9 Å². The molecule has 1 fully saturated rings. The monoisotopic (exact) mass is 273 g/mol. The van der Waals surface area contributed by atoms with Crippen molar-refractivity contribution in [3.05, 3.63) is 21.3 Å². The molecular formula is C13H20ClNOS. The van der Waals surface area contributed by atoms with Crippen LogP contribution in [0.25, 0.3) is 0 Å². The van der Waals surface area contributed by atoms with Crippen LogP contribution in [0, 0.1) is 0 Å². The molecule has 0 bridgehead atoms. The van der Waals surface area contributed by atoms with Crippen LogP contribution in [0.15, 0.2) is 12.1 Å². The highest BCUT2D eigenvalue weighted by Crippen LogP contribution is 2.25. The van der Waals surface area contributed by atoms with Crippen molar-refractivity contribution >= 4 is 22.9 Å². The highest BCUT2D eigenvalue weighted by Gasteiger charge is 2.20. The van der Waals surface area contributed by atoms with Crippen LogP contribution in [0.2, 0.25) is 4.34 Å². The summed E-state index contributed by atoms with van der Waals surface area (Å²) >= 11 is 7.50. The van der Waals surface area contributed by atoms with Crippen LogP contribution in [0.5, 0.6) is 0 Å². The van der Waals surface area contributed by atoms with Crippen LogP contribution in [0.1, 0.15) is 37.5 Å². The van der Waals surface area contributed by atoms with Gasteiger partial charge in [-0.15, -0.1) is 11.3 Å². The van der Waals surface area contributed by atoms with Crippen LogP contribution in [0.3, 0.4) is 0 Å². The highest BCUT2D eigenvalue weighted by molar-refractivity contribution is 7.16. The van der Waals surface area contributed by atoms with Gasteiger partial charge in [-0.05, 0) is 44.4 Å². The van der Waals surface area contributed by atoms with Gasteiger partial charge in [-0.25, -0.2) is 0 Å². The molecule has 0 atom stereocenters. The molecule has 1 N–H and O–H groups in total. The number of hydrogen-bond donors (Lipinski definition) is 1. The number of nitrogens with one attached hydrogen (secondary N) is 1. The van der Waals surface area contributed by atoms with Crippen molar-refractivity contribution in [2.24, 2.45) is 0 Å². The summed E-state index contributed by atoms with van der Waals surface area (Å²) in [6.45, 7) is 3.96. The van der Waals surface area contributed by atoms with Gasteiger partial charge in [0.2, 0.25) is 0 Å². The Morgan fingerprint density at radius 1 is 1.35 bits per heavy atom. The first-order valence-electron chi connectivity index (χ1n) is 6.37. The maximum Gasteiger partial charge on any atom is 0.0932 e. The normalized spacial score (nSPS) is 25.1. The Morgan fingerprint density at radius 2 is 2.12 bits per heavy atom. The van der Waals surface area contributed by atoms with Gasteiger partial charge in [0.1, 0.15) is 0 Å². The Kier molecular flexibility index (Phi) is 5.29. The van der Waals surface area contributed by atoms with Gasteiger partial charge >= 0.3 is 0 Å². The summed E-state index contributed by atoms with van der Waals surface area (Å²) in [5, 5.41) is 3.51. The average molecular weight is 274 g/mol. The molecule has 0 aromatic carbocycles. The third-order valence-electron chi connectivity index (χ3n) is 3.26. The maximum atomic E-state index is 5.93. The molecule has 1 saturated carbocycles. The van der Waals surface area contributed by atoms with Crippen molar-refractivity contribution in [2.75, 3.05) is 6.54 Å². The second-order valence-electron chi connectivity index (χ2n) is 4.55. The third-order valence-corrected chi connectivity index (χ3v) is 4.46. The summed E-state index contributed by atoms with van der Waals surface area (Å²) in [4.78, 5) is 1.23. The minimum absolute atomic E-state index is 0.436. The predicted molar refractivity (Wildman–Crippen MR) is 73.8 cm³/mol. The van der Waals surface area contributed by atoms with Crippen LogP contribution in [-0.4, -0.2) is 18.7 Å². The predicted octanol–water partition coefficient (Wildman–Crippen LogP) is 3.84. The Labute approximate surface area is 112 Å². The molecule has 96 valence electrons. The quantitative estimate of drug-likeness (QED) is 0.880. The van der Waals surface area contributed by atoms with E-state index < -0.39 is 0 Å². The van der Waals surface area contributed by atoms with Gasteiger partial charge in [0.15, 0.2) is 0 Å². The molecule has 4 heteroatoms. The number of halogens is 1. The van der Waals surface area contributed by atoms with Gasteiger partial charge in [0, 0.05) is 10.9 Å². The average Bonchev–Trinajstić information content (AvgIpc) is 2.75. The van der Waals surface area contributed by atoms with E-state index >= 15 is 0 Å². The standard InChI is InChI=1S/C13H20ClNOS/c1-2-15-10-3-5-11(6-4-10)16-9-12-7-8-13(14)17-12/h7-8,10-11,15H,2-6,9H2,1H3. The Bertz CT molecular complexity index is 334. The van der Waals surface area contributed by atoms with E-state index in [1.165, 1.54) is 30.6 Å². The topological polar surface area (TPSA) is 21.3 Å². The third kappa shape index (κ3) is 4.25. The molecular weight excluding hydrogens is 254 g/mol. The first kappa shape index (κ1) is 13.3. The van der Waals surface area contributed by atoms with E-state index in [2.05, 4.69) is 18.3 Å². The van der Waals surface area contributed by atoms with Gasteiger partial charge < -0.3 is 10.1 Å². The van der Waals surface area contributed by atoms with Crippen molar-refractivity contribution in [3.63, 3.8) is 0 Å². The summed E-state index contributed by atoms with van der Waals surface area (Å²) in [5.74, 6) is 0. The molecule has 1 aliphatic rings. The fourth-order valence-corrected chi connectivity index (χ4v) is 3.36. The molecule has 1 aromatic heterocycles. The number of rotatable bonds is 5. The zero-order valence-corrected chi connectivity index (χ0v) is 11.8. The summed E-state index contributed by atoms with van der Waals surface area (Å²) in [6.07, 6.45) is 5.27. The number of hydrogen-bond acceptors (Lipinski definition) is 3. The van der Waals surface area contributed by atoms with Gasteiger partial charge in [0.05, 0.1) is 17.0 Å². The minimum Gasteiger partial charge on any atom is -0.373 e. The van der Waals surface area contributed by atoms with Crippen molar-refractivity contribution in [3.8, 4) is 0 Å². The van der Waals surface area contributed by atoms with Gasteiger partial charge in [-0.2, -0.15) is 0 Å². The fourth-order valence-electron chi connectivity index (χ4n) is 2.35. The summed E-state index contributed by atoms with van der Waals surface area (Å²) < 4.78 is 6.78. The van der Waals surface area contributed by atoms with Gasteiger partial charge in [-0.3, -0.25) is 0 Å². The maximum absolute atomic E-state index is 5.93. The lowest BCUT2D eigenvalue weighted by atomic mass is 9.93. The zero-order chi connectivity index (χ0) is 12.1. The second-order valence-corrected chi connectivity index (χ2v) is 6.35. The lowest BCUT2D eigenvalue weighted by Crippen LogP contribution is -2.35. The van der Waals surface area contributed by atoms with E-state index in [0.29, 0.717) is 18.8 Å². The molecule has 1 aromatic rings. The van der Waals surface area contributed by atoms with E-state index in [1.807, 2.05) is 6.07 Å². The SMILES string of the molecule is CCNC1CCC(OCc2ccc(Cl)s2)CC1. The molecule has 17 heavy (non-hydrogen) atoms. The first-order chi connectivity index (χ1) is 8.28. The van der Waals surface area contributed by atoms with Crippen LogP contribution < -0.4 is 5.32 Å². The second kappa shape index (κ2) is 6.74. The van der Waals surface area contributed by atoms with E-state index in [-0.39, 0.29) is 0 Å². The zero-order valence-electron chi connectivity index (χ0n) is 10.2. The van der Waals surface area contributed by atoms with Gasteiger partial charge in [0.25, 0.3) is 0 Å². The summed E-state index contributed by atoms with van der Waals surface area (Å²) in [6, 6.07) is 4.69. The summed E-state index contributed by atoms with van der Waals surface area (Å²) in [7, 11) is 0. The van der Waals surface area contributed by atoms with Crippen molar-refractivity contribution in [1.82, 2.24) is 5.32 Å². The molecule has 2 nitrogen and oxygen atoms in total. The van der Waals surface area contributed by atoms with Gasteiger partial charge in [-0.1, -0.05) is 18.5 Å². The van der Waals surface area contributed by atoms with Crippen LogP contribution in [-0.2, 0) is 11.3 Å². The van der Waals surface area contributed by atoms with E-state index in [1.54, 1.807) is 11.3 Å². The van der Waals surface area contributed by atoms with Crippen LogP contribution in [0.4, 0.5) is 0 Å². The molecule has 0 amide bonds. The molecule has 0 spiro atoms. The Hall–Kier alpha value is -0.0900. The largest absolute Gasteiger partial charge is 0.373 e. The lowest BCUT2D eigenvalue weighted by molar-refractivity contribution is 0.0127. The first-order valence-corrected chi connectivity index (χ1v) is 7.56. The Balaban J connectivity index is 1.68. The molecule has 1 aliphatic carbocycles. The molecule has 2 rings (SSSR count). The molecule has 0 saturated heterocycles. The number of ether oxygens (including phenoxy) is 1. The molecule has 1 heterocycles. The molecule has 0 radical (unpaired) electrons. The Morgan fingerprint density at radius 3 is 2.71 bits per heavy atom. The van der Waals surface area contributed by atoms with E-state index in [4.69, 9.17) is 16.3 Å². The minimum atomic E-state index is 0.436. The van der Waals surface area contributed by atoms with Crippen molar-refractivity contribution in [1.29, 1.82) is 0 Å². The molecule has 0 aliphatic heterocycles. The number of thiophene rings is 1. The van der Waals surface area contributed by atoms with Crippen molar-refractivity contribution < 1.29 is 4.74 Å². The van der Waals surface area contributed by atoms with Crippen molar-refractivity contribution in [2.45, 2.75) is 51.4 Å². The highest BCUT2D eigenvalue weighted by atomic mass is 35.5. The van der Waals surface area contributed by atoms with E-state index in [0.717, 1.165) is 10.9 Å². The summed E-state index contributed by atoms with van der Waals surface area (Å²) in [5.41, 5.74) is 0. The fraction of sp³-hybridized carbons (Fsp3) is 0.692. The molecule has 0 unspecified atom stereocenters.